The number of carbonyl (C=O) groups is 1. The summed E-state index contributed by atoms with van der Waals surface area (Å²) < 4.78 is 10.7. The lowest BCUT2D eigenvalue weighted by Crippen LogP contribution is -2.37. The fourth-order valence-electron chi connectivity index (χ4n) is 1.67. The first-order chi connectivity index (χ1) is 10.0. The zero-order chi connectivity index (χ0) is 15.4. The average molecular weight is 353 g/mol. The zero-order valence-electron chi connectivity index (χ0n) is 11.2. The number of benzene rings is 1. The molecule has 0 bridgehead atoms. The van der Waals surface area contributed by atoms with Gasteiger partial charge < -0.3 is 9.15 Å². The maximum absolute atomic E-state index is 11.9. The summed E-state index contributed by atoms with van der Waals surface area (Å²) in [7, 11) is 0. The van der Waals surface area contributed by atoms with Crippen LogP contribution in [0.15, 0.2) is 44.5 Å². The lowest BCUT2D eigenvalue weighted by Gasteiger charge is -2.10. The van der Waals surface area contributed by atoms with Crippen molar-refractivity contribution in [3.05, 3.63) is 51.3 Å². The Bertz CT molecular complexity index is 754. The summed E-state index contributed by atoms with van der Waals surface area (Å²) >= 11 is 3.35. The molecule has 2 rings (SSSR count). The Balaban J connectivity index is 2.24. The van der Waals surface area contributed by atoms with Gasteiger partial charge in [0.15, 0.2) is 0 Å². The first-order valence-corrected chi connectivity index (χ1v) is 6.92. The van der Waals surface area contributed by atoms with Gasteiger partial charge in [0.05, 0.1) is 17.9 Å². The normalized spacial score (nSPS) is 10.2. The minimum absolute atomic E-state index is 0.207. The van der Waals surface area contributed by atoms with Crippen LogP contribution in [0.3, 0.4) is 0 Å². The number of hydrazine groups is 1. The predicted molar refractivity (Wildman–Crippen MR) is 82.5 cm³/mol. The van der Waals surface area contributed by atoms with Gasteiger partial charge in [-0.25, -0.2) is 15.0 Å². The molecule has 1 aromatic heterocycles. The Kier molecular flexibility index (Phi) is 4.64. The van der Waals surface area contributed by atoms with Crippen molar-refractivity contribution in [1.29, 1.82) is 0 Å². The molecule has 0 aliphatic rings. The molecule has 0 fully saturated rings. The highest BCUT2D eigenvalue weighted by atomic mass is 79.9. The largest absolute Gasteiger partial charge is 0.449 e. The molecule has 0 atom stereocenters. The van der Waals surface area contributed by atoms with E-state index in [1.165, 1.54) is 0 Å². The molecule has 1 heterocycles. The van der Waals surface area contributed by atoms with Gasteiger partial charge in [0, 0.05) is 9.86 Å². The van der Waals surface area contributed by atoms with E-state index in [1.807, 2.05) is 6.07 Å². The quantitative estimate of drug-likeness (QED) is 0.653. The molecule has 2 aromatic rings. The highest BCUT2D eigenvalue weighted by Crippen LogP contribution is 2.20. The fraction of sp³-hybridized carbons (Fsp3) is 0.143. The molecule has 1 amide bonds. The molecule has 6 nitrogen and oxygen atoms in total. The highest BCUT2D eigenvalue weighted by molar-refractivity contribution is 9.10. The molecule has 0 aliphatic carbocycles. The summed E-state index contributed by atoms with van der Waals surface area (Å²) in [5.74, 6) is 0. The molecule has 0 saturated heterocycles. The van der Waals surface area contributed by atoms with E-state index in [4.69, 9.17) is 4.42 Å². The Morgan fingerprint density at radius 2 is 2.14 bits per heavy atom. The zero-order valence-corrected chi connectivity index (χ0v) is 12.8. The van der Waals surface area contributed by atoms with Crippen LogP contribution in [-0.4, -0.2) is 12.7 Å². The van der Waals surface area contributed by atoms with Crippen LogP contribution >= 0.6 is 15.9 Å². The van der Waals surface area contributed by atoms with E-state index in [-0.39, 0.29) is 17.9 Å². The molecule has 2 N–H and O–H groups in total. The topological polar surface area (TPSA) is 80.6 Å². The van der Waals surface area contributed by atoms with Crippen molar-refractivity contribution in [3.63, 3.8) is 0 Å². The summed E-state index contributed by atoms with van der Waals surface area (Å²) in [6.45, 7) is 5.62. The SMILES string of the molecule is C=C(NNC(=O)OCC)c1cc2cc(Br)ccc2oc1=O. The fourth-order valence-corrected chi connectivity index (χ4v) is 2.04. The van der Waals surface area contributed by atoms with Crippen molar-refractivity contribution in [1.82, 2.24) is 10.9 Å². The van der Waals surface area contributed by atoms with Crippen LogP contribution in [0.25, 0.3) is 16.7 Å². The number of nitrogens with one attached hydrogen (secondary N) is 2. The van der Waals surface area contributed by atoms with Gasteiger partial charge in [-0.15, -0.1) is 0 Å². The molecular weight excluding hydrogens is 340 g/mol. The van der Waals surface area contributed by atoms with Gasteiger partial charge in [-0.1, -0.05) is 22.5 Å². The third-order valence-electron chi connectivity index (χ3n) is 2.61. The van der Waals surface area contributed by atoms with E-state index in [0.717, 1.165) is 9.86 Å². The Morgan fingerprint density at radius 1 is 1.38 bits per heavy atom. The van der Waals surface area contributed by atoms with Gasteiger partial charge in [-0.3, -0.25) is 5.43 Å². The molecule has 21 heavy (non-hydrogen) atoms. The van der Waals surface area contributed by atoms with Crippen LogP contribution in [0, 0.1) is 0 Å². The van der Waals surface area contributed by atoms with E-state index < -0.39 is 11.7 Å². The first kappa shape index (κ1) is 15.1. The van der Waals surface area contributed by atoms with Gasteiger partial charge in [0.1, 0.15) is 5.58 Å². The van der Waals surface area contributed by atoms with Crippen molar-refractivity contribution >= 4 is 38.7 Å². The number of hydrogen-bond acceptors (Lipinski definition) is 5. The third kappa shape index (κ3) is 3.63. The molecule has 0 aliphatic heterocycles. The van der Waals surface area contributed by atoms with E-state index in [0.29, 0.717) is 5.58 Å². The molecule has 7 heteroatoms. The Labute approximate surface area is 128 Å². The van der Waals surface area contributed by atoms with Crippen LogP contribution < -0.4 is 16.5 Å². The van der Waals surface area contributed by atoms with E-state index >= 15 is 0 Å². The van der Waals surface area contributed by atoms with Gasteiger partial charge in [0.2, 0.25) is 0 Å². The Hall–Kier alpha value is -2.28. The number of ether oxygens (including phenoxy) is 1. The maximum Gasteiger partial charge on any atom is 0.425 e. The number of amides is 1. The molecule has 0 spiro atoms. The number of halogens is 1. The van der Waals surface area contributed by atoms with E-state index in [2.05, 4.69) is 38.1 Å². The summed E-state index contributed by atoms with van der Waals surface area (Å²) in [6.07, 6.45) is -0.661. The van der Waals surface area contributed by atoms with Crippen LogP contribution in [-0.2, 0) is 4.74 Å². The number of carbonyl (C=O) groups excluding carboxylic acids is 1. The number of rotatable bonds is 4. The molecule has 0 radical (unpaired) electrons. The molecule has 1 aromatic carbocycles. The summed E-state index contributed by atoms with van der Waals surface area (Å²) in [5, 5.41) is 0.734. The van der Waals surface area contributed by atoms with Crippen molar-refractivity contribution in [2.75, 3.05) is 6.61 Å². The van der Waals surface area contributed by atoms with Gasteiger partial charge in [0.25, 0.3) is 0 Å². The average Bonchev–Trinajstić information content (AvgIpc) is 2.45. The van der Waals surface area contributed by atoms with Crippen LogP contribution in [0.4, 0.5) is 4.79 Å². The van der Waals surface area contributed by atoms with Crippen molar-refractivity contribution in [3.8, 4) is 0 Å². The summed E-state index contributed by atoms with van der Waals surface area (Å²) in [6, 6.07) is 6.92. The molecular formula is C14H13BrN2O4. The minimum atomic E-state index is -0.661. The smallest absolute Gasteiger partial charge is 0.425 e. The van der Waals surface area contributed by atoms with Crippen molar-refractivity contribution in [2.45, 2.75) is 6.92 Å². The predicted octanol–water partition coefficient (Wildman–Crippen LogP) is 2.78. The van der Waals surface area contributed by atoms with Crippen LogP contribution in [0.2, 0.25) is 0 Å². The number of fused-ring (bicyclic) bond motifs is 1. The summed E-state index contributed by atoms with van der Waals surface area (Å²) in [4.78, 5) is 23.1. The van der Waals surface area contributed by atoms with Gasteiger partial charge in [-0.2, -0.15) is 0 Å². The second-order valence-corrected chi connectivity index (χ2v) is 4.99. The molecule has 0 saturated carbocycles. The lowest BCUT2D eigenvalue weighted by molar-refractivity contribution is 0.149. The highest BCUT2D eigenvalue weighted by Gasteiger charge is 2.10. The molecule has 110 valence electrons. The summed E-state index contributed by atoms with van der Waals surface area (Å²) in [5.41, 5.74) is 5.13. The van der Waals surface area contributed by atoms with Crippen molar-refractivity contribution < 1.29 is 13.9 Å². The third-order valence-corrected chi connectivity index (χ3v) is 3.10. The minimum Gasteiger partial charge on any atom is -0.449 e. The van der Waals surface area contributed by atoms with Gasteiger partial charge in [-0.05, 0) is 31.2 Å². The maximum atomic E-state index is 11.9. The standard InChI is InChI=1S/C14H13BrN2O4/c1-3-20-14(19)17-16-8(2)11-7-9-6-10(15)4-5-12(9)21-13(11)18/h4-7,16H,2-3H2,1H3,(H,17,19). The second kappa shape index (κ2) is 6.45. The van der Waals surface area contributed by atoms with Crippen LogP contribution in [0.1, 0.15) is 12.5 Å². The Morgan fingerprint density at radius 3 is 2.86 bits per heavy atom. The van der Waals surface area contributed by atoms with Crippen LogP contribution in [0.5, 0.6) is 0 Å². The van der Waals surface area contributed by atoms with E-state index in [9.17, 15) is 9.59 Å². The lowest BCUT2D eigenvalue weighted by atomic mass is 10.1. The van der Waals surface area contributed by atoms with Crippen molar-refractivity contribution in [2.24, 2.45) is 0 Å². The number of hydrogen-bond donors (Lipinski definition) is 2. The van der Waals surface area contributed by atoms with Gasteiger partial charge >= 0.3 is 11.7 Å². The first-order valence-electron chi connectivity index (χ1n) is 6.12. The second-order valence-electron chi connectivity index (χ2n) is 4.08. The molecule has 0 unspecified atom stereocenters. The monoisotopic (exact) mass is 352 g/mol. The van der Waals surface area contributed by atoms with E-state index in [1.54, 1.807) is 25.1 Å².